The van der Waals surface area contributed by atoms with E-state index in [4.69, 9.17) is 0 Å². The van der Waals surface area contributed by atoms with Crippen molar-refractivity contribution in [3.05, 3.63) is 35.4 Å². The molecule has 2 fully saturated rings. The lowest BCUT2D eigenvalue weighted by Crippen LogP contribution is -2.25. The molecule has 3 rings (SSSR count). The van der Waals surface area contributed by atoms with Gasteiger partial charge in [-0.3, -0.25) is 0 Å². The summed E-state index contributed by atoms with van der Waals surface area (Å²) < 4.78 is 0. The SMILES string of the molecule is CCCC1CCC(C2CCC(c3ccc(C(C)O)cc3)CC2)CC1. The average molecular weight is 329 g/mol. The van der Waals surface area contributed by atoms with Gasteiger partial charge in [0.05, 0.1) is 6.10 Å². The molecule has 0 amide bonds. The van der Waals surface area contributed by atoms with Gasteiger partial charge in [-0.15, -0.1) is 0 Å². The van der Waals surface area contributed by atoms with E-state index < -0.39 is 0 Å². The van der Waals surface area contributed by atoms with Crippen molar-refractivity contribution in [1.29, 1.82) is 0 Å². The van der Waals surface area contributed by atoms with Crippen LogP contribution in [0.2, 0.25) is 0 Å². The molecule has 2 aliphatic carbocycles. The van der Waals surface area contributed by atoms with Gasteiger partial charge in [0.2, 0.25) is 0 Å². The maximum absolute atomic E-state index is 9.66. The van der Waals surface area contributed by atoms with E-state index >= 15 is 0 Å². The lowest BCUT2D eigenvalue weighted by Gasteiger charge is -2.38. The smallest absolute Gasteiger partial charge is 0.0761 e. The third-order valence-electron chi connectivity index (χ3n) is 6.92. The predicted molar refractivity (Wildman–Crippen MR) is 102 cm³/mol. The van der Waals surface area contributed by atoms with E-state index in [-0.39, 0.29) is 6.10 Å². The van der Waals surface area contributed by atoms with Crippen LogP contribution in [0.15, 0.2) is 24.3 Å². The quantitative estimate of drug-likeness (QED) is 0.644. The molecule has 2 aliphatic rings. The van der Waals surface area contributed by atoms with Gasteiger partial charge in [-0.1, -0.05) is 56.9 Å². The summed E-state index contributed by atoms with van der Waals surface area (Å²) >= 11 is 0. The van der Waals surface area contributed by atoms with Gasteiger partial charge >= 0.3 is 0 Å². The maximum atomic E-state index is 9.66. The Morgan fingerprint density at radius 3 is 1.92 bits per heavy atom. The summed E-state index contributed by atoms with van der Waals surface area (Å²) in [6, 6.07) is 8.73. The molecule has 1 heteroatoms. The number of hydrogen-bond donors (Lipinski definition) is 1. The third kappa shape index (κ3) is 4.42. The van der Waals surface area contributed by atoms with Crippen LogP contribution in [-0.2, 0) is 0 Å². The summed E-state index contributed by atoms with van der Waals surface area (Å²) in [5.41, 5.74) is 2.53. The van der Waals surface area contributed by atoms with Crippen LogP contribution in [0, 0.1) is 17.8 Å². The molecule has 134 valence electrons. The van der Waals surface area contributed by atoms with Crippen LogP contribution >= 0.6 is 0 Å². The van der Waals surface area contributed by atoms with E-state index in [9.17, 15) is 5.11 Å². The summed E-state index contributed by atoms with van der Waals surface area (Å²) in [6.07, 6.45) is 14.1. The van der Waals surface area contributed by atoms with Gasteiger partial charge < -0.3 is 5.11 Å². The Labute approximate surface area is 148 Å². The molecule has 1 unspecified atom stereocenters. The van der Waals surface area contributed by atoms with Crippen molar-refractivity contribution >= 4 is 0 Å². The van der Waals surface area contributed by atoms with Gasteiger partial charge in [0, 0.05) is 0 Å². The fraction of sp³-hybridized carbons (Fsp3) is 0.739. The lowest BCUT2D eigenvalue weighted by molar-refractivity contribution is 0.156. The van der Waals surface area contributed by atoms with Crippen molar-refractivity contribution in [3.63, 3.8) is 0 Å². The highest BCUT2D eigenvalue weighted by molar-refractivity contribution is 5.26. The molecule has 0 saturated heterocycles. The second-order valence-electron chi connectivity index (χ2n) is 8.52. The van der Waals surface area contributed by atoms with E-state index in [2.05, 4.69) is 31.2 Å². The van der Waals surface area contributed by atoms with Crippen LogP contribution in [0.25, 0.3) is 0 Å². The first-order valence-electron chi connectivity index (χ1n) is 10.4. The molecule has 1 atom stereocenters. The molecule has 0 bridgehead atoms. The first-order valence-corrected chi connectivity index (χ1v) is 10.4. The Balaban J connectivity index is 1.47. The van der Waals surface area contributed by atoms with Gasteiger partial charge in [-0.05, 0) is 80.2 Å². The topological polar surface area (TPSA) is 20.2 Å². The van der Waals surface area contributed by atoms with Gasteiger partial charge in [-0.25, -0.2) is 0 Å². The fourth-order valence-corrected chi connectivity index (χ4v) is 5.33. The van der Waals surface area contributed by atoms with Crippen LogP contribution in [-0.4, -0.2) is 5.11 Å². The van der Waals surface area contributed by atoms with Crippen LogP contribution in [0.4, 0.5) is 0 Å². The Kier molecular flexibility index (Phi) is 6.38. The van der Waals surface area contributed by atoms with Crippen molar-refractivity contribution in [2.24, 2.45) is 17.8 Å². The normalized spacial score (nSPS) is 32.5. The van der Waals surface area contributed by atoms with E-state index in [1.165, 1.54) is 69.8 Å². The summed E-state index contributed by atoms with van der Waals surface area (Å²) in [4.78, 5) is 0. The van der Waals surface area contributed by atoms with E-state index in [1.807, 2.05) is 6.92 Å². The molecule has 24 heavy (non-hydrogen) atoms. The van der Waals surface area contributed by atoms with Crippen LogP contribution in [0.5, 0.6) is 0 Å². The van der Waals surface area contributed by atoms with Crippen LogP contribution in [0.1, 0.15) is 101 Å². The number of rotatable bonds is 5. The molecule has 1 nitrogen and oxygen atoms in total. The van der Waals surface area contributed by atoms with E-state index in [1.54, 1.807) is 0 Å². The summed E-state index contributed by atoms with van der Waals surface area (Å²) in [5, 5.41) is 9.66. The zero-order valence-electron chi connectivity index (χ0n) is 15.7. The highest BCUT2D eigenvalue weighted by atomic mass is 16.3. The molecule has 1 N–H and O–H groups in total. The number of aliphatic hydroxyl groups excluding tert-OH is 1. The molecule has 0 aromatic heterocycles. The predicted octanol–water partition coefficient (Wildman–Crippen LogP) is 6.62. The number of aliphatic hydroxyl groups is 1. The lowest BCUT2D eigenvalue weighted by atomic mass is 9.68. The first-order chi connectivity index (χ1) is 11.7. The Hall–Kier alpha value is -0.820. The van der Waals surface area contributed by atoms with Crippen LogP contribution < -0.4 is 0 Å². The first kappa shape index (κ1) is 18.0. The molecule has 2 saturated carbocycles. The molecular formula is C23H36O. The van der Waals surface area contributed by atoms with Crippen molar-refractivity contribution in [3.8, 4) is 0 Å². The van der Waals surface area contributed by atoms with Crippen molar-refractivity contribution in [2.45, 2.75) is 90.1 Å². The highest BCUT2D eigenvalue weighted by Crippen LogP contribution is 2.44. The van der Waals surface area contributed by atoms with E-state index in [0.717, 1.165) is 29.2 Å². The molecule has 0 heterocycles. The second-order valence-corrected chi connectivity index (χ2v) is 8.52. The zero-order chi connectivity index (χ0) is 16.9. The molecule has 0 aliphatic heterocycles. The maximum Gasteiger partial charge on any atom is 0.0761 e. The second kappa shape index (κ2) is 8.52. The minimum Gasteiger partial charge on any atom is -0.389 e. The number of benzene rings is 1. The molecule has 1 aromatic rings. The minimum atomic E-state index is -0.349. The van der Waals surface area contributed by atoms with Crippen molar-refractivity contribution < 1.29 is 5.11 Å². The third-order valence-corrected chi connectivity index (χ3v) is 6.92. The largest absolute Gasteiger partial charge is 0.389 e. The summed E-state index contributed by atoms with van der Waals surface area (Å²) in [5.74, 6) is 3.81. The minimum absolute atomic E-state index is 0.349. The van der Waals surface area contributed by atoms with Gasteiger partial charge in [0.1, 0.15) is 0 Å². The molecular weight excluding hydrogens is 292 g/mol. The van der Waals surface area contributed by atoms with Gasteiger partial charge in [0.15, 0.2) is 0 Å². The molecule has 0 spiro atoms. The Bertz CT molecular complexity index is 473. The summed E-state index contributed by atoms with van der Waals surface area (Å²) in [6.45, 7) is 4.18. The highest BCUT2D eigenvalue weighted by Gasteiger charge is 2.31. The Morgan fingerprint density at radius 2 is 1.42 bits per heavy atom. The van der Waals surface area contributed by atoms with Crippen molar-refractivity contribution in [2.75, 3.05) is 0 Å². The van der Waals surface area contributed by atoms with Crippen LogP contribution in [0.3, 0.4) is 0 Å². The van der Waals surface area contributed by atoms with E-state index in [0.29, 0.717) is 0 Å². The van der Waals surface area contributed by atoms with Crippen molar-refractivity contribution in [1.82, 2.24) is 0 Å². The molecule has 0 radical (unpaired) electrons. The monoisotopic (exact) mass is 328 g/mol. The standard InChI is InChI=1S/C23H36O/c1-3-4-18-5-7-20(8-6-18)22-13-15-23(16-14-22)21-11-9-19(10-12-21)17(2)24/h9-12,17-18,20,22-24H,3-8,13-16H2,1-2H3. The zero-order valence-corrected chi connectivity index (χ0v) is 15.7. The van der Waals surface area contributed by atoms with Gasteiger partial charge in [-0.2, -0.15) is 0 Å². The number of hydrogen-bond acceptors (Lipinski definition) is 1. The fourth-order valence-electron chi connectivity index (χ4n) is 5.33. The summed E-state index contributed by atoms with van der Waals surface area (Å²) in [7, 11) is 0. The Morgan fingerprint density at radius 1 is 0.875 bits per heavy atom. The van der Waals surface area contributed by atoms with Gasteiger partial charge in [0.25, 0.3) is 0 Å². The average Bonchev–Trinajstić information content (AvgIpc) is 2.63. The molecule has 1 aromatic carbocycles.